The SMILES string of the molecule is COC1(C(N)c2cnn(C)n2)CCC1. The van der Waals surface area contributed by atoms with Gasteiger partial charge in [0.2, 0.25) is 0 Å². The Labute approximate surface area is 83.2 Å². The summed E-state index contributed by atoms with van der Waals surface area (Å²) in [7, 11) is 3.51. The van der Waals surface area contributed by atoms with Gasteiger partial charge in [-0.3, -0.25) is 0 Å². The molecule has 0 saturated heterocycles. The average Bonchev–Trinajstić information content (AvgIpc) is 2.50. The Balaban J connectivity index is 2.18. The second kappa shape index (κ2) is 3.33. The van der Waals surface area contributed by atoms with E-state index < -0.39 is 0 Å². The Morgan fingerprint density at radius 1 is 1.64 bits per heavy atom. The molecule has 5 nitrogen and oxygen atoms in total. The van der Waals surface area contributed by atoms with Crippen LogP contribution < -0.4 is 5.73 Å². The van der Waals surface area contributed by atoms with Crippen LogP contribution >= 0.6 is 0 Å². The van der Waals surface area contributed by atoms with Crippen LogP contribution in [0.3, 0.4) is 0 Å². The first kappa shape index (κ1) is 9.61. The fourth-order valence-corrected chi connectivity index (χ4v) is 1.94. The van der Waals surface area contributed by atoms with Crippen LogP contribution in [0.1, 0.15) is 31.0 Å². The minimum Gasteiger partial charge on any atom is -0.376 e. The fourth-order valence-electron chi connectivity index (χ4n) is 1.94. The predicted octanol–water partition coefficient (Wildman–Crippen LogP) is 0.384. The second-order valence-corrected chi connectivity index (χ2v) is 3.86. The van der Waals surface area contributed by atoms with Gasteiger partial charge in [0.25, 0.3) is 0 Å². The van der Waals surface area contributed by atoms with E-state index >= 15 is 0 Å². The number of ether oxygens (including phenoxy) is 1. The number of aromatic nitrogens is 3. The minimum atomic E-state index is -0.198. The maximum atomic E-state index is 6.12. The number of aryl methyl sites for hydroxylation is 1. The zero-order valence-corrected chi connectivity index (χ0v) is 8.60. The van der Waals surface area contributed by atoms with Gasteiger partial charge in [0.05, 0.1) is 17.8 Å². The summed E-state index contributed by atoms with van der Waals surface area (Å²) in [6.45, 7) is 0. The van der Waals surface area contributed by atoms with Crippen molar-refractivity contribution >= 4 is 0 Å². The molecule has 1 atom stereocenters. The highest BCUT2D eigenvalue weighted by molar-refractivity contribution is 5.11. The Morgan fingerprint density at radius 2 is 2.36 bits per heavy atom. The van der Waals surface area contributed by atoms with Crippen LogP contribution in [0.5, 0.6) is 0 Å². The Kier molecular flexibility index (Phi) is 2.28. The summed E-state index contributed by atoms with van der Waals surface area (Å²) in [6.07, 6.45) is 4.92. The molecular weight excluding hydrogens is 180 g/mol. The first-order valence-corrected chi connectivity index (χ1v) is 4.85. The van der Waals surface area contributed by atoms with Crippen molar-refractivity contribution in [2.45, 2.75) is 30.9 Å². The van der Waals surface area contributed by atoms with Gasteiger partial charge in [-0.1, -0.05) is 0 Å². The molecule has 2 N–H and O–H groups in total. The summed E-state index contributed by atoms with van der Waals surface area (Å²) in [6, 6.07) is -0.157. The van der Waals surface area contributed by atoms with Crippen molar-refractivity contribution in [3.8, 4) is 0 Å². The third-order valence-corrected chi connectivity index (χ3v) is 3.11. The summed E-state index contributed by atoms with van der Waals surface area (Å²) in [5.41, 5.74) is 6.73. The third-order valence-electron chi connectivity index (χ3n) is 3.11. The molecule has 1 heterocycles. The van der Waals surface area contributed by atoms with Gasteiger partial charge in [-0.15, -0.1) is 0 Å². The smallest absolute Gasteiger partial charge is 0.102 e. The molecule has 1 aliphatic rings. The van der Waals surface area contributed by atoms with Gasteiger partial charge in [-0.2, -0.15) is 15.0 Å². The second-order valence-electron chi connectivity index (χ2n) is 3.86. The van der Waals surface area contributed by atoms with E-state index in [2.05, 4.69) is 10.2 Å². The van der Waals surface area contributed by atoms with Gasteiger partial charge in [0.15, 0.2) is 0 Å². The fraction of sp³-hybridized carbons (Fsp3) is 0.778. The van der Waals surface area contributed by atoms with Crippen LogP contribution in [0.25, 0.3) is 0 Å². The van der Waals surface area contributed by atoms with Gasteiger partial charge in [-0.05, 0) is 19.3 Å². The van der Waals surface area contributed by atoms with Crippen molar-refractivity contribution in [3.63, 3.8) is 0 Å². The highest BCUT2D eigenvalue weighted by atomic mass is 16.5. The van der Waals surface area contributed by atoms with E-state index in [1.165, 1.54) is 11.2 Å². The van der Waals surface area contributed by atoms with Gasteiger partial charge >= 0.3 is 0 Å². The van der Waals surface area contributed by atoms with Gasteiger partial charge in [0, 0.05) is 14.2 Å². The van der Waals surface area contributed by atoms with Gasteiger partial charge < -0.3 is 10.5 Å². The lowest BCUT2D eigenvalue weighted by atomic mass is 9.74. The molecule has 1 unspecified atom stereocenters. The van der Waals surface area contributed by atoms with E-state index in [4.69, 9.17) is 10.5 Å². The molecule has 1 aliphatic carbocycles. The number of nitrogens with zero attached hydrogens (tertiary/aromatic N) is 3. The number of hydrogen-bond donors (Lipinski definition) is 1. The number of nitrogens with two attached hydrogens (primary N) is 1. The molecule has 1 saturated carbocycles. The summed E-state index contributed by atoms with van der Waals surface area (Å²) in [5.74, 6) is 0. The van der Waals surface area contributed by atoms with E-state index in [0.717, 1.165) is 18.5 Å². The third kappa shape index (κ3) is 1.33. The molecule has 0 aliphatic heterocycles. The van der Waals surface area contributed by atoms with Crippen molar-refractivity contribution < 1.29 is 4.74 Å². The highest BCUT2D eigenvalue weighted by Crippen LogP contribution is 2.42. The van der Waals surface area contributed by atoms with E-state index in [9.17, 15) is 0 Å². The van der Waals surface area contributed by atoms with Crippen LogP contribution in [-0.2, 0) is 11.8 Å². The van der Waals surface area contributed by atoms with Crippen molar-refractivity contribution in [2.24, 2.45) is 12.8 Å². The largest absolute Gasteiger partial charge is 0.376 e. The molecule has 1 fully saturated rings. The molecule has 0 radical (unpaired) electrons. The molecule has 0 spiro atoms. The summed E-state index contributed by atoms with van der Waals surface area (Å²) in [4.78, 5) is 1.53. The zero-order chi connectivity index (χ0) is 10.2. The minimum absolute atomic E-state index is 0.157. The standard InChI is InChI=1S/C9H16N4O/c1-13-11-6-7(12-13)8(10)9(14-2)4-3-5-9/h6,8H,3-5,10H2,1-2H3. The van der Waals surface area contributed by atoms with Crippen LogP contribution in [-0.4, -0.2) is 27.7 Å². The van der Waals surface area contributed by atoms with E-state index in [1.807, 2.05) is 0 Å². The molecule has 78 valence electrons. The average molecular weight is 196 g/mol. The maximum Gasteiger partial charge on any atom is 0.102 e. The lowest BCUT2D eigenvalue weighted by Gasteiger charge is -2.44. The monoisotopic (exact) mass is 196 g/mol. The molecule has 1 aromatic rings. The van der Waals surface area contributed by atoms with E-state index in [1.54, 1.807) is 20.4 Å². The summed E-state index contributed by atoms with van der Waals surface area (Å²) in [5, 5.41) is 8.22. The van der Waals surface area contributed by atoms with E-state index in [-0.39, 0.29) is 11.6 Å². The molecular formula is C9H16N4O. The first-order chi connectivity index (χ1) is 6.68. The Hall–Kier alpha value is -0.940. The maximum absolute atomic E-state index is 6.12. The molecule has 0 aromatic carbocycles. The van der Waals surface area contributed by atoms with Crippen molar-refractivity contribution in [3.05, 3.63) is 11.9 Å². The van der Waals surface area contributed by atoms with Crippen LogP contribution in [0.15, 0.2) is 6.20 Å². The van der Waals surface area contributed by atoms with Crippen molar-refractivity contribution in [1.29, 1.82) is 0 Å². The number of methoxy groups -OCH3 is 1. The van der Waals surface area contributed by atoms with Crippen molar-refractivity contribution in [1.82, 2.24) is 15.0 Å². The summed E-state index contributed by atoms with van der Waals surface area (Å²) < 4.78 is 5.50. The summed E-state index contributed by atoms with van der Waals surface area (Å²) >= 11 is 0. The molecule has 1 aromatic heterocycles. The zero-order valence-electron chi connectivity index (χ0n) is 8.60. The van der Waals surface area contributed by atoms with Crippen LogP contribution in [0.4, 0.5) is 0 Å². The molecule has 2 rings (SSSR count). The van der Waals surface area contributed by atoms with Crippen LogP contribution in [0, 0.1) is 0 Å². The van der Waals surface area contributed by atoms with E-state index in [0.29, 0.717) is 0 Å². The highest BCUT2D eigenvalue weighted by Gasteiger charge is 2.44. The predicted molar refractivity (Wildman–Crippen MR) is 51.5 cm³/mol. The lowest BCUT2D eigenvalue weighted by molar-refractivity contribution is -0.0920. The number of hydrogen-bond acceptors (Lipinski definition) is 4. The van der Waals surface area contributed by atoms with Crippen molar-refractivity contribution in [2.75, 3.05) is 7.11 Å². The quantitative estimate of drug-likeness (QED) is 0.759. The number of rotatable bonds is 3. The van der Waals surface area contributed by atoms with Gasteiger partial charge in [0.1, 0.15) is 5.69 Å². The lowest BCUT2D eigenvalue weighted by Crippen LogP contribution is -2.48. The van der Waals surface area contributed by atoms with Crippen LogP contribution in [0.2, 0.25) is 0 Å². The topological polar surface area (TPSA) is 66.0 Å². The Morgan fingerprint density at radius 3 is 2.71 bits per heavy atom. The molecule has 0 amide bonds. The molecule has 14 heavy (non-hydrogen) atoms. The Bertz CT molecular complexity index is 313. The first-order valence-electron chi connectivity index (χ1n) is 4.85. The normalized spacial score (nSPS) is 21.6. The molecule has 0 bridgehead atoms. The molecule has 5 heteroatoms. The van der Waals surface area contributed by atoms with Gasteiger partial charge in [-0.25, -0.2) is 0 Å².